The van der Waals surface area contributed by atoms with Gasteiger partial charge in [0.1, 0.15) is 5.82 Å². The van der Waals surface area contributed by atoms with Crippen LogP contribution in [0.1, 0.15) is 11.1 Å². The maximum atomic E-state index is 13.2. The number of hydrogen-bond acceptors (Lipinski definition) is 1. The van der Waals surface area contributed by atoms with E-state index in [4.69, 9.17) is 5.11 Å². The number of hydrogen-bond donors (Lipinski definition) is 1. The Bertz CT molecular complexity index is 399. The van der Waals surface area contributed by atoms with Crippen LogP contribution in [0.5, 0.6) is 0 Å². The summed E-state index contributed by atoms with van der Waals surface area (Å²) in [5.74, 6) is -1.54. The second-order valence-corrected chi connectivity index (χ2v) is 3.56. The zero-order chi connectivity index (χ0) is 10.7. The first-order valence-electron chi connectivity index (χ1n) is 3.88. The van der Waals surface area contributed by atoms with Crippen LogP contribution in [-0.2, 0) is 4.79 Å². The monoisotopic (exact) mass is 258 g/mol. The SMILES string of the molecule is Cc1ccc(F)c(C=CC(=O)O)c1Br. The van der Waals surface area contributed by atoms with Crippen LogP contribution >= 0.6 is 15.9 Å². The van der Waals surface area contributed by atoms with Gasteiger partial charge in [0.15, 0.2) is 0 Å². The first-order valence-corrected chi connectivity index (χ1v) is 4.67. The van der Waals surface area contributed by atoms with Gasteiger partial charge in [-0.2, -0.15) is 0 Å². The Morgan fingerprint density at radius 3 is 2.79 bits per heavy atom. The molecule has 1 rings (SSSR count). The molecule has 1 N–H and O–H groups in total. The third kappa shape index (κ3) is 2.42. The minimum atomic E-state index is -1.10. The van der Waals surface area contributed by atoms with Crippen molar-refractivity contribution < 1.29 is 14.3 Å². The van der Waals surface area contributed by atoms with Gasteiger partial charge < -0.3 is 5.11 Å². The summed E-state index contributed by atoms with van der Waals surface area (Å²) in [5, 5.41) is 8.40. The lowest BCUT2D eigenvalue weighted by molar-refractivity contribution is -0.131. The van der Waals surface area contributed by atoms with Crippen LogP contribution in [0.4, 0.5) is 4.39 Å². The van der Waals surface area contributed by atoms with Crippen molar-refractivity contribution in [1.82, 2.24) is 0 Å². The Balaban J connectivity index is 3.19. The summed E-state index contributed by atoms with van der Waals surface area (Å²) < 4.78 is 13.8. The number of carboxylic acids is 1. The number of carbonyl (C=O) groups is 1. The molecular formula is C10H8BrFO2. The van der Waals surface area contributed by atoms with Crippen LogP contribution in [0.15, 0.2) is 22.7 Å². The van der Waals surface area contributed by atoms with Crippen molar-refractivity contribution in [2.45, 2.75) is 6.92 Å². The molecule has 0 unspecified atom stereocenters. The highest BCUT2D eigenvalue weighted by Gasteiger charge is 2.06. The predicted octanol–water partition coefficient (Wildman–Crippen LogP) is 2.99. The van der Waals surface area contributed by atoms with E-state index in [1.165, 1.54) is 12.1 Å². The Morgan fingerprint density at radius 2 is 2.21 bits per heavy atom. The Kier molecular flexibility index (Phi) is 3.41. The molecule has 74 valence electrons. The summed E-state index contributed by atoms with van der Waals surface area (Å²) in [4.78, 5) is 10.3. The molecule has 0 saturated carbocycles. The molecule has 0 radical (unpaired) electrons. The average molecular weight is 259 g/mol. The van der Waals surface area contributed by atoms with Crippen LogP contribution < -0.4 is 0 Å². The molecule has 2 nitrogen and oxygen atoms in total. The fourth-order valence-corrected chi connectivity index (χ4v) is 1.44. The molecule has 0 aliphatic heterocycles. The van der Waals surface area contributed by atoms with E-state index in [0.29, 0.717) is 4.47 Å². The fourth-order valence-electron chi connectivity index (χ4n) is 0.986. The van der Waals surface area contributed by atoms with E-state index >= 15 is 0 Å². The quantitative estimate of drug-likeness (QED) is 0.829. The topological polar surface area (TPSA) is 37.3 Å². The molecule has 1 aromatic rings. The molecule has 0 aromatic heterocycles. The molecule has 0 fully saturated rings. The summed E-state index contributed by atoms with van der Waals surface area (Å²) in [6.45, 7) is 1.81. The maximum Gasteiger partial charge on any atom is 0.328 e. The van der Waals surface area contributed by atoms with E-state index in [-0.39, 0.29) is 5.56 Å². The van der Waals surface area contributed by atoms with Crippen LogP contribution in [-0.4, -0.2) is 11.1 Å². The van der Waals surface area contributed by atoms with E-state index in [2.05, 4.69) is 15.9 Å². The van der Waals surface area contributed by atoms with Crippen LogP contribution in [0.2, 0.25) is 0 Å². The van der Waals surface area contributed by atoms with E-state index in [1.54, 1.807) is 6.07 Å². The summed E-state index contributed by atoms with van der Waals surface area (Å²) in [6.07, 6.45) is 2.14. The van der Waals surface area contributed by atoms with Crippen molar-refractivity contribution in [3.63, 3.8) is 0 Å². The fraction of sp³-hybridized carbons (Fsp3) is 0.100. The molecule has 0 bridgehead atoms. The van der Waals surface area contributed by atoms with Crippen molar-refractivity contribution in [3.05, 3.63) is 39.6 Å². The molecule has 14 heavy (non-hydrogen) atoms. The standard InChI is InChI=1S/C10H8BrFO2/c1-6-2-4-8(12)7(10(6)11)3-5-9(13)14/h2-5H,1H3,(H,13,14). The highest BCUT2D eigenvalue weighted by atomic mass is 79.9. The highest BCUT2D eigenvalue weighted by molar-refractivity contribution is 9.10. The third-order valence-corrected chi connectivity index (χ3v) is 2.76. The van der Waals surface area contributed by atoms with Gasteiger partial charge in [-0.3, -0.25) is 0 Å². The largest absolute Gasteiger partial charge is 0.478 e. The number of aryl methyl sites for hydroxylation is 1. The average Bonchev–Trinajstić information content (AvgIpc) is 2.11. The normalized spacial score (nSPS) is 10.8. The van der Waals surface area contributed by atoms with Gasteiger partial charge in [-0.25, -0.2) is 9.18 Å². The number of halogens is 2. The number of carboxylic acid groups (broad SMARTS) is 1. The molecule has 4 heteroatoms. The van der Waals surface area contributed by atoms with Crippen molar-refractivity contribution in [2.24, 2.45) is 0 Å². The van der Waals surface area contributed by atoms with Gasteiger partial charge in [-0.1, -0.05) is 6.07 Å². The molecule has 0 heterocycles. The molecule has 0 spiro atoms. The second kappa shape index (κ2) is 4.37. The van der Waals surface area contributed by atoms with Gasteiger partial charge in [-0.15, -0.1) is 0 Å². The molecule has 0 saturated heterocycles. The number of aliphatic carboxylic acids is 1. The van der Waals surface area contributed by atoms with Crippen molar-refractivity contribution in [3.8, 4) is 0 Å². The molecule has 0 amide bonds. The first kappa shape index (κ1) is 10.9. The maximum absolute atomic E-state index is 13.2. The zero-order valence-corrected chi connectivity index (χ0v) is 9.01. The minimum Gasteiger partial charge on any atom is -0.478 e. The van der Waals surface area contributed by atoms with E-state index in [0.717, 1.165) is 11.6 Å². The lowest BCUT2D eigenvalue weighted by atomic mass is 10.1. The molecule has 0 atom stereocenters. The van der Waals surface area contributed by atoms with Crippen molar-refractivity contribution in [1.29, 1.82) is 0 Å². The van der Waals surface area contributed by atoms with Gasteiger partial charge in [0.2, 0.25) is 0 Å². The molecule has 1 aromatic carbocycles. The lowest BCUT2D eigenvalue weighted by Gasteiger charge is -2.03. The van der Waals surface area contributed by atoms with Gasteiger partial charge in [0, 0.05) is 16.1 Å². The van der Waals surface area contributed by atoms with Crippen LogP contribution in [0.25, 0.3) is 6.08 Å². The smallest absolute Gasteiger partial charge is 0.328 e. The van der Waals surface area contributed by atoms with Crippen LogP contribution in [0.3, 0.4) is 0 Å². The first-order chi connectivity index (χ1) is 6.52. The van der Waals surface area contributed by atoms with Gasteiger partial charge in [0.05, 0.1) is 0 Å². The minimum absolute atomic E-state index is 0.257. The van der Waals surface area contributed by atoms with E-state index in [9.17, 15) is 9.18 Å². The number of benzene rings is 1. The summed E-state index contributed by atoms with van der Waals surface area (Å²) >= 11 is 3.20. The zero-order valence-electron chi connectivity index (χ0n) is 7.42. The third-order valence-electron chi connectivity index (χ3n) is 1.71. The van der Waals surface area contributed by atoms with E-state index < -0.39 is 11.8 Å². The van der Waals surface area contributed by atoms with E-state index in [1.807, 2.05) is 6.92 Å². The molecule has 0 aliphatic carbocycles. The van der Waals surface area contributed by atoms with Crippen LogP contribution in [0, 0.1) is 12.7 Å². The van der Waals surface area contributed by atoms with Gasteiger partial charge >= 0.3 is 5.97 Å². The summed E-state index contributed by atoms with van der Waals surface area (Å²) in [6, 6.07) is 2.93. The summed E-state index contributed by atoms with van der Waals surface area (Å²) in [7, 11) is 0. The van der Waals surface area contributed by atoms with Gasteiger partial charge in [-0.05, 0) is 40.6 Å². The highest BCUT2D eigenvalue weighted by Crippen LogP contribution is 2.24. The predicted molar refractivity (Wildman–Crippen MR) is 55.5 cm³/mol. The van der Waals surface area contributed by atoms with Crippen molar-refractivity contribution >= 4 is 28.0 Å². The molecular weight excluding hydrogens is 251 g/mol. The second-order valence-electron chi connectivity index (χ2n) is 2.76. The number of rotatable bonds is 2. The van der Waals surface area contributed by atoms with Gasteiger partial charge in [0.25, 0.3) is 0 Å². The van der Waals surface area contributed by atoms with Crippen molar-refractivity contribution in [2.75, 3.05) is 0 Å². The Hall–Kier alpha value is -1.16. The summed E-state index contributed by atoms with van der Waals surface area (Å²) in [5.41, 5.74) is 1.11. The lowest BCUT2D eigenvalue weighted by Crippen LogP contribution is -1.90. The Labute approximate surface area is 89.2 Å². The molecule has 0 aliphatic rings. The Morgan fingerprint density at radius 1 is 1.57 bits per heavy atom.